The number of hydrogen-bond acceptors (Lipinski definition) is 6. The van der Waals surface area contributed by atoms with E-state index in [9.17, 15) is 10.1 Å². The van der Waals surface area contributed by atoms with E-state index in [0.29, 0.717) is 5.75 Å². The molecular formula is C24H21N5O3. The molecule has 5 rings (SSSR count). The summed E-state index contributed by atoms with van der Waals surface area (Å²) in [5.74, 6) is 0.691. The van der Waals surface area contributed by atoms with Gasteiger partial charge in [-0.05, 0) is 60.0 Å². The molecule has 0 unspecified atom stereocenters. The second kappa shape index (κ2) is 8.60. The third kappa shape index (κ3) is 4.08. The predicted molar refractivity (Wildman–Crippen MR) is 122 cm³/mol. The minimum atomic E-state index is -0.407. The van der Waals surface area contributed by atoms with Crippen LogP contribution >= 0.6 is 0 Å². The largest absolute Gasteiger partial charge is 0.489 e. The van der Waals surface area contributed by atoms with Crippen LogP contribution in [0.5, 0.6) is 5.75 Å². The summed E-state index contributed by atoms with van der Waals surface area (Å²) in [6, 6.07) is 16.3. The Bertz CT molecular complexity index is 1310. The van der Waals surface area contributed by atoms with E-state index >= 15 is 0 Å². The number of aromatic amines is 1. The van der Waals surface area contributed by atoms with Crippen LogP contribution in [0.25, 0.3) is 27.9 Å². The Hall–Kier alpha value is -4.04. The fourth-order valence-corrected chi connectivity index (χ4v) is 3.85. The minimum absolute atomic E-state index is 0.0583. The molecule has 0 amide bonds. The van der Waals surface area contributed by atoms with Crippen molar-refractivity contribution in [1.29, 1.82) is 0 Å². The lowest BCUT2D eigenvalue weighted by Crippen LogP contribution is -2.20. The number of nitrogens with one attached hydrogen (secondary N) is 2. The molecule has 0 saturated heterocycles. The number of ether oxygens (including phenoxy) is 1. The molecule has 2 aromatic carbocycles. The van der Waals surface area contributed by atoms with Gasteiger partial charge in [-0.1, -0.05) is 18.2 Å². The third-order valence-corrected chi connectivity index (χ3v) is 5.49. The number of nitrogens with zero attached hydrogens (tertiary/aromatic N) is 3. The van der Waals surface area contributed by atoms with Crippen LogP contribution in [0.15, 0.2) is 67.0 Å². The molecule has 0 spiro atoms. The molecule has 0 saturated carbocycles. The molecule has 0 fully saturated rings. The van der Waals surface area contributed by atoms with E-state index in [1.807, 2.05) is 30.3 Å². The van der Waals surface area contributed by atoms with Crippen molar-refractivity contribution in [2.24, 2.45) is 0 Å². The fourth-order valence-electron chi connectivity index (χ4n) is 3.85. The Kier molecular flexibility index (Phi) is 5.35. The molecule has 2 N–H and O–H groups in total. The van der Waals surface area contributed by atoms with Crippen LogP contribution < -0.4 is 10.1 Å². The SMILES string of the molecule is O=[N+]([O-])c1cccc(COc2ccc(-c3cc4c(C5=CCNCC5)ncnc4[nH]3)cc2)c1. The van der Waals surface area contributed by atoms with Crippen molar-refractivity contribution >= 4 is 22.3 Å². The summed E-state index contributed by atoms with van der Waals surface area (Å²) >= 11 is 0. The Morgan fingerprint density at radius 1 is 1.09 bits per heavy atom. The maximum absolute atomic E-state index is 10.9. The highest BCUT2D eigenvalue weighted by molar-refractivity contribution is 5.92. The van der Waals surface area contributed by atoms with Crippen LogP contribution in [0.2, 0.25) is 0 Å². The summed E-state index contributed by atoms with van der Waals surface area (Å²) in [7, 11) is 0. The van der Waals surface area contributed by atoms with Gasteiger partial charge in [-0.25, -0.2) is 9.97 Å². The van der Waals surface area contributed by atoms with E-state index in [1.54, 1.807) is 12.4 Å². The summed E-state index contributed by atoms with van der Waals surface area (Å²) in [5, 5.41) is 15.3. The van der Waals surface area contributed by atoms with E-state index in [2.05, 4.69) is 32.4 Å². The molecule has 8 nitrogen and oxygen atoms in total. The molecule has 0 radical (unpaired) electrons. The van der Waals surface area contributed by atoms with Gasteiger partial charge in [0.1, 0.15) is 24.3 Å². The topological polar surface area (TPSA) is 106 Å². The van der Waals surface area contributed by atoms with Gasteiger partial charge in [-0.2, -0.15) is 0 Å². The first kappa shape index (κ1) is 19.9. The molecular weight excluding hydrogens is 406 g/mol. The van der Waals surface area contributed by atoms with Gasteiger partial charge >= 0.3 is 0 Å². The van der Waals surface area contributed by atoms with Gasteiger partial charge in [-0.15, -0.1) is 0 Å². The molecule has 0 aliphatic carbocycles. The monoisotopic (exact) mass is 427 g/mol. The zero-order valence-corrected chi connectivity index (χ0v) is 17.2. The molecule has 8 heteroatoms. The van der Waals surface area contributed by atoms with E-state index in [-0.39, 0.29) is 12.3 Å². The molecule has 3 heterocycles. The van der Waals surface area contributed by atoms with E-state index in [0.717, 1.165) is 53.1 Å². The molecule has 32 heavy (non-hydrogen) atoms. The van der Waals surface area contributed by atoms with Crippen molar-refractivity contribution in [3.8, 4) is 17.0 Å². The van der Waals surface area contributed by atoms with Gasteiger partial charge in [0.25, 0.3) is 5.69 Å². The van der Waals surface area contributed by atoms with Gasteiger partial charge in [0.15, 0.2) is 0 Å². The second-order valence-corrected chi connectivity index (χ2v) is 7.59. The number of nitro benzene ring substituents is 1. The lowest BCUT2D eigenvalue weighted by Gasteiger charge is -2.13. The zero-order chi connectivity index (χ0) is 21.9. The smallest absolute Gasteiger partial charge is 0.269 e. The molecule has 4 aromatic rings. The Labute approximate surface area is 184 Å². The van der Waals surface area contributed by atoms with Crippen molar-refractivity contribution in [3.05, 3.63) is 88.4 Å². The maximum Gasteiger partial charge on any atom is 0.269 e. The average molecular weight is 427 g/mol. The van der Waals surface area contributed by atoms with Gasteiger partial charge in [0.2, 0.25) is 0 Å². The molecule has 0 bridgehead atoms. The summed E-state index contributed by atoms with van der Waals surface area (Å²) < 4.78 is 5.81. The van der Waals surface area contributed by atoms with E-state index < -0.39 is 4.92 Å². The van der Waals surface area contributed by atoms with Crippen LogP contribution in [0, 0.1) is 10.1 Å². The Morgan fingerprint density at radius 2 is 1.97 bits per heavy atom. The predicted octanol–water partition coefficient (Wildman–Crippen LogP) is 4.49. The average Bonchev–Trinajstić information content (AvgIpc) is 3.28. The first-order valence-electron chi connectivity index (χ1n) is 10.4. The third-order valence-electron chi connectivity index (χ3n) is 5.49. The highest BCUT2D eigenvalue weighted by Gasteiger charge is 2.14. The number of benzene rings is 2. The number of rotatable bonds is 6. The Morgan fingerprint density at radius 3 is 2.75 bits per heavy atom. The van der Waals surface area contributed by atoms with Crippen LogP contribution in [0.4, 0.5) is 5.69 Å². The van der Waals surface area contributed by atoms with Crippen molar-refractivity contribution < 1.29 is 9.66 Å². The summed E-state index contributed by atoms with van der Waals surface area (Å²) in [6.07, 6.45) is 4.74. The quantitative estimate of drug-likeness (QED) is 0.347. The number of fused-ring (bicyclic) bond motifs is 1. The van der Waals surface area contributed by atoms with Crippen LogP contribution in [0.3, 0.4) is 0 Å². The van der Waals surface area contributed by atoms with E-state index in [4.69, 9.17) is 4.74 Å². The van der Waals surface area contributed by atoms with Gasteiger partial charge in [0.05, 0.1) is 10.6 Å². The van der Waals surface area contributed by atoms with Crippen LogP contribution in [-0.2, 0) is 6.61 Å². The molecule has 0 atom stereocenters. The van der Waals surface area contributed by atoms with Crippen molar-refractivity contribution in [2.45, 2.75) is 13.0 Å². The van der Waals surface area contributed by atoms with Crippen LogP contribution in [-0.4, -0.2) is 33.0 Å². The fraction of sp³-hybridized carbons (Fsp3) is 0.167. The van der Waals surface area contributed by atoms with Crippen molar-refractivity contribution in [2.75, 3.05) is 13.1 Å². The number of H-pyrrole nitrogens is 1. The van der Waals surface area contributed by atoms with Crippen molar-refractivity contribution in [3.63, 3.8) is 0 Å². The highest BCUT2D eigenvalue weighted by atomic mass is 16.6. The van der Waals surface area contributed by atoms with Gasteiger partial charge in [-0.3, -0.25) is 10.1 Å². The Balaban J connectivity index is 1.34. The number of nitro groups is 1. The lowest BCUT2D eigenvalue weighted by atomic mass is 10.0. The molecule has 2 aromatic heterocycles. The number of hydrogen-bond donors (Lipinski definition) is 2. The van der Waals surface area contributed by atoms with Crippen LogP contribution in [0.1, 0.15) is 17.7 Å². The highest BCUT2D eigenvalue weighted by Crippen LogP contribution is 2.30. The number of aromatic nitrogens is 3. The maximum atomic E-state index is 10.9. The molecule has 160 valence electrons. The van der Waals surface area contributed by atoms with E-state index in [1.165, 1.54) is 17.7 Å². The first-order valence-corrected chi connectivity index (χ1v) is 10.4. The zero-order valence-electron chi connectivity index (χ0n) is 17.2. The summed E-state index contributed by atoms with van der Waals surface area (Å²) in [6.45, 7) is 2.07. The second-order valence-electron chi connectivity index (χ2n) is 7.59. The first-order chi connectivity index (χ1) is 15.7. The molecule has 1 aliphatic rings. The molecule has 1 aliphatic heterocycles. The lowest BCUT2D eigenvalue weighted by molar-refractivity contribution is -0.384. The summed E-state index contributed by atoms with van der Waals surface area (Å²) in [4.78, 5) is 22.8. The van der Waals surface area contributed by atoms with Gasteiger partial charge in [0, 0.05) is 29.8 Å². The summed E-state index contributed by atoms with van der Waals surface area (Å²) in [5.41, 5.74) is 5.82. The standard InChI is InChI=1S/C24H21N5O3/c30-29(31)19-3-1-2-16(12-19)14-32-20-6-4-17(5-7-20)22-13-21-23(18-8-10-25-11-9-18)26-15-27-24(21)28-22/h1-8,12-13,15,25H,9-11,14H2,(H,26,27,28). The normalized spacial score (nSPS) is 13.7. The minimum Gasteiger partial charge on any atom is -0.489 e. The van der Waals surface area contributed by atoms with Gasteiger partial charge < -0.3 is 15.0 Å². The number of non-ortho nitro benzene ring substituents is 1. The van der Waals surface area contributed by atoms with Crippen molar-refractivity contribution in [1.82, 2.24) is 20.3 Å².